The molecule has 0 bridgehead atoms. The normalized spacial score (nSPS) is 16.2. The molecule has 0 aromatic heterocycles. The number of carbonyl (C=O) groups is 1. The number of amides is 1. The van der Waals surface area contributed by atoms with Crippen LogP contribution < -0.4 is 16.0 Å². The lowest BCUT2D eigenvalue weighted by Crippen LogP contribution is -2.37. The van der Waals surface area contributed by atoms with Gasteiger partial charge in [0.25, 0.3) is 0 Å². The third-order valence-electron chi connectivity index (χ3n) is 3.49. The third kappa shape index (κ3) is 2.64. The third-order valence-corrected chi connectivity index (χ3v) is 3.49. The fourth-order valence-corrected chi connectivity index (χ4v) is 1.96. The van der Waals surface area contributed by atoms with E-state index in [1.165, 1.54) is 5.69 Å². The molecule has 2 rings (SSSR count). The Morgan fingerprint density at radius 3 is 2.28 bits per heavy atom. The molecule has 0 spiro atoms. The zero-order chi connectivity index (χ0) is 13.2. The smallest absolute Gasteiger partial charge is 0.244 e. The van der Waals surface area contributed by atoms with E-state index in [2.05, 4.69) is 24.1 Å². The van der Waals surface area contributed by atoms with Crippen LogP contribution in [0.5, 0.6) is 0 Å². The summed E-state index contributed by atoms with van der Waals surface area (Å²) in [6, 6.07) is 7.91. The quantitative estimate of drug-likeness (QED) is 0.836. The minimum atomic E-state index is -0.614. The van der Waals surface area contributed by atoms with Crippen LogP contribution in [-0.4, -0.2) is 24.5 Å². The Labute approximate surface area is 108 Å². The fourth-order valence-electron chi connectivity index (χ4n) is 1.96. The van der Waals surface area contributed by atoms with Crippen molar-refractivity contribution < 1.29 is 4.79 Å². The van der Waals surface area contributed by atoms with Gasteiger partial charge in [-0.3, -0.25) is 4.79 Å². The van der Waals surface area contributed by atoms with Gasteiger partial charge in [0.15, 0.2) is 0 Å². The Morgan fingerprint density at radius 2 is 1.83 bits per heavy atom. The van der Waals surface area contributed by atoms with E-state index >= 15 is 0 Å². The largest absolute Gasteiger partial charge is 0.372 e. The summed E-state index contributed by atoms with van der Waals surface area (Å²) in [5, 5.41) is 2.86. The molecule has 98 valence electrons. The minimum absolute atomic E-state index is 0.0712. The van der Waals surface area contributed by atoms with Crippen LogP contribution in [0.1, 0.15) is 26.7 Å². The van der Waals surface area contributed by atoms with Gasteiger partial charge in [-0.1, -0.05) is 0 Å². The summed E-state index contributed by atoms with van der Waals surface area (Å²) < 4.78 is 0. The van der Waals surface area contributed by atoms with Crippen molar-refractivity contribution in [1.29, 1.82) is 0 Å². The van der Waals surface area contributed by atoms with Crippen molar-refractivity contribution in [3.63, 3.8) is 0 Å². The molecular formula is C14H21N3O. The Bertz CT molecular complexity index is 419. The second-order valence-corrected chi connectivity index (χ2v) is 4.83. The Morgan fingerprint density at radius 1 is 1.28 bits per heavy atom. The monoisotopic (exact) mass is 247 g/mol. The predicted molar refractivity (Wildman–Crippen MR) is 74.8 cm³/mol. The van der Waals surface area contributed by atoms with E-state index in [-0.39, 0.29) is 5.91 Å². The van der Waals surface area contributed by atoms with Gasteiger partial charge in [0, 0.05) is 24.5 Å². The second-order valence-electron chi connectivity index (χ2n) is 4.83. The lowest BCUT2D eigenvalue weighted by molar-refractivity contribution is -0.118. The highest BCUT2D eigenvalue weighted by Crippen LogP contribution is 2.33. The molecule has 3 N–H and O–H groups in total. The lowest BCUT2D eigenvalue weighted by Gasteiger charge is -2.21. The van der Waals surface area contributed by atoms with Gasteiger partial charge in [-0.25, -0.2) is 0 Å². The van der Waals surface area contributed by atoms with E-state index in [1.807, 2.05) is 24.3 Å². The number of anilines is 2. The van der Waals surface area contributed by atoms with Crippen molar-refractivity contribution in [1.82, 2.24) is 0 Å². The van der Waals surface area contributed by atoms with Crippen LogP contribution in [0.25, 0.3) is 0 Å². The van der Waals surface area contributed by atoms with E-state index in [4.69, 9.17) is 5.73 Å². The van der Waals surface area contributed by atoms with Crippen LogP contribution in [0.15, 0.2) is 24.3 Å². The van der Waals surface area contributed by atoms with Gasteiger partial charge in [-0.05, 0) is 51.0 Å². The molecule has 0 aliphatic heterocycles. The molecule has 0 radical (unpaired) electrons. The average molecular weight is 247 g/mol. The van der Waals surface area contributed by atoms with Crippen LogP contribution in [0, 0.1) is 0 Å². The van der Waals surface area contributed by atoms with Gasteiger partial charge in [-0.2, -0.15) is 0 Å². The standard InChI is InChI=1S/C14H21N3O/c1-3-17(4-2)12-7-5-11(6-8-12)16-13(18)14(15)9-10-14/h5-8H,3-4,9-10,15H2,1-2H3,(H,16,18). The molecule has 1 aromatic rings. The Balaban J connectivity index is 2.01. The van der Waals surface area contributed by atoms with Gasteiger partial charge in [0.05, 0.1) is 5.54 Å². The van der Waals surface area contributed by atoms with Gasteiger partial charge in [-0.15, -0.1) is 0 Å². The summed E-state index contributed by atoms with van der Waals surface area (Å²) in [6.07, 6.45) is 1.58. The van der Waals surface area contributed by atoms with E-state index < -0.39 is 5.54 Å². The van der Waals surface area contributed by atoms with Crippen LogP contribution in [-0.2, 0) is 4.79 Å². The van der Waals surface area contributed by atoms with E-state index in [0.29, 0.717) is 0 Å². The van der Waals surface area contributed by atoms with Gasteiger partial charge in [0.2, 0.25) is 5.91 Å². The number of carbonyl (C=O) groups excluding carboxylic acids is 1. The molecule has 1 aromatic carbocycles. The SMILES string of the molecule is CCN(CC)c1ccc(NC(=O)C2(N)CC2)cc1. The molecule has 0 heterocycles. The first kappa shape index (κ1) is 12.9. The predicted octanol–water partition coefficient (Wildman–Crippen LogP) is 1.96. The van der Waals surface area contributed by atoms with Crippen molar-refractivity contribution in [2.45, 2.75) is 32.2 Å². The first-order chi connectivity index (χ1) is 8.59. The van der Waals surface area contributed by atoms with Crippen LogP contribution >= 0.6 is 0 Å². The van der Waals surface area contributed by atoms with Gasteiger partial charge in [0.1, 0.15) is 0 Å². The van der Waals surface area contributed by atoms with E-state index in [0.717, 1.165) is 31.6 Å². The molecule has 1 saturated carbocycles. The summed E-state index contributed by atoms with van der Waals surface area (Å²) in [5.41, 5.74) is 7.21. The van der Waals surface area contributed by atoms with Crippen molar-refractivity contribution in [3.8, 4) is 0 Å². The maximum absolute atomic E-state index is 11.8. The molecule has 0 saturated heterocycles. The highest BCUT2D eigenvalue weighted by Gasteiger charge is 2.45. The topological polar surface area (TPSA) is 58.4 Å². The minimum Gasteiger partial charge on any atom is -0.372 e. The van der Waals surface area contributed by atoms with Crippen LogP contribution in [0.4, 0.5) is 11.4 Å². The van der Waals surface area contributed by atoms with Crippen molar-refractivity contribution >= 4 is 17.3 Å². The van der Waals surface area contributed by atoms with E-state index in [1.54, 1.807) is 0 Å². The molecule has 4 nitrogen and oxygen atoms in total. The summed E-state index contributed by atoms with van der Waals surface area (Å²) in [7, 11) is 0. The molecule has 18 heavy (non-hydrogen) atoms. The lowest BCUT2D eigenvalue weighted by atomic mass is 10.2. The number of nitrogens with zero attached hydrogens (tertiary/aromatic N) is 1. The van der Waals surface area contributed by atoms with Crippen molar-refractivity contribution in [3.05, 3.63) is 24.3 Å². The molecule has 1 aliphatic rings. The zero-order valence-corrected chi connectivity index (χ0v) is 11.1. The molecule has 1 amide bonds. The number of hydrogen-bond acceptors (Lipinski definition) is 3. The summed E-state index contributed by atoms with van der Waals surface area (Å²) in [6.45, 7) is 6.22. The molecule has 0 atom stereocenters. The number of benzene rings is 1. The first-order valence-corrected chi connectivity index (χ1v) is 6.54. The van der Waals surface area contributed by atoms with Gasteiger partial charge < -0.3 is 16.0 Å². The maximum atomic E-state index is 11.8. The number of hydrogen-bond donors (Lipinski definition) is 2. The molecule has 1 fully saturated rings. The molecular weight excluding hydrogens is 226 g/mol. The first-order valence-electron chi connectivity index (χ1n) is 6.54. The second kappa shape index (κ2) is 4.98. The van der Waals surface area contributed by atoms with Crippen LogP contribution in [0.2, 0.25) is 0 Å². The summed E-state index contributed by atoms with van der Waals surface area (Å²) >= 11 is 0. The summed E-state index contributed by atoms with van der Waals surface area (Å²) in [5.74, 6) is -0.0712. The van der Waals surface area contributed by atoms with Crippen LogP contribution in [0.3, 0.4) is 0 Å². The van der Waals surface area contributed by atoms with Gasteiger partial charge >= 0.3 is 0 Å². The molecule has 0 unspecified atom stereocenters. The highest BCUT2D eigenvalue weighted by molar-refractivity contribution is 6.00. The highest BCUT2D eigenvalue weighted by atomic mass is 16.2. The maximum Gasteiger partial charge on any atom is 0.244 e. The number of nitrogens with one attached hydrogen (secondary N) is 1. The molecule has 4 heteroatoms. The van der Waals surface area contributed by atoms with Crippen molar-refractivity contribution in [2.75, 3.05) is 23.3 Å². The summed E-state index contributed by atoms with van der Waals surface area (Å²) in [4.78, 5) is 14.0. The Kier molecular flexibility index (Phi) is 3.57. The van der Waals surface area contributed by atoms with E-state index in [9.17, 15) is 4.79 Å². The number of nitrogens with two attached hydrogens (primary N) is 1. The Hall–Kier alpha value is -1.55. The fraction of sp³-hybridized carbons (Fsp3) is 0.500. The molecule has 1 aliphatic carbocycles. The van der Waals surface area contributed by atoms with Crippen molar-refractivity contribution in [2.24, 2.45) is 5.73 Å². The number of rotatable bonds is 5. The zero-order valence-electron chi connectivity index (χ0n) is 11.1. The average Bonchev–Trinajstić information content (AvgIpc) is 3.12.